The molecule has 0 bridgehead atoms. The van der Waals surface area contributed by atoms with Crippen LogP contribution in [0.5, 0.6) is 0 Å². The topological polar surface area (TPSA) is 46.6 Å². The van der Waals surface area contributed by atoms with Crippen LogP contribution in [0.15, 0.2) is 0 Å². The van der Waals surface area contributed by atoms with Crippen molar-refractivity contribution < 1.29 is 13.2 Å². The van der Waals surface area contributed by atoms with Crippen LogP contribution in [-0.4, -0.2) is 50.7 Å². The summed E-state index contributed by atoms with van der Waals surface area (Å²) in [4.78, 5) is 0. The second kappa shape index (κ2) is 6.03. The van der Waals surface area contributed by atoms with E-state index >= 15 is 0 Å². The molecule has 1 unspecified atom stereocenters. The third-order valence-electron chi connectivity index (χ3n) is 2.57. The fraction of sp³-hybridized carbons (Fsp3) is 1.00. The Morgan fingerprint density at radius 3 is 2.73 bits per heavy atom. The number of hydrogen-bond acceptors (Lipinski definition) is 3. The van der Waals surface area contributed by atoms with Crippen LogP contribution in [0.3, 0.4) is 0 Å². The SMILES string of the molecule is CCN(CC1CCOC1)S(=O)(=O)CCCl. The van der Waals surface area contributed by atoms with Gasteiger partial charge in [-0.15, -0.1) is 11.6 Å². The van der Waals surface area contributed by atoms with Crippen molar-refractivity contribution in [1.82, 2.24) is 4.31 Å². The number of nitrogens with zero attached hydrogens (tertiary/aromatic N) is 1. The number of alkyl halides is 1. The zero-order valence-corrected chi connectivity index (χ0v) is 10.6. The largest absolute Gasteiger partial charge is 0.381 e. The average Bonchev–Trinajstić information content (AvgIpc) is 2.66. The van der Waals surface area contributed by atoms with Crippen molar-refractivity contribution in [2.75, 3.05) is 37.9 Å². The van der Waals surface area contributed by atoms with Gasteiger partial charge in [-0.05, 0) is 12.3 Å². The monoisotopic (exact) mass is 255 g/mol. The molecule has 90 valence electrons. The molecule has 1 aliphatic heterocycles. The van der Waals surface area contributed by atoms with Crippen molar-refractivity contribution >= 4 is 21.6 Å². The summed E-state index contributed by atoms with van der Waals surface area (Å²) in [5.41, 5.74) is 0. The predicted molar refractivity (Wildman–Crippen MR) is 60.7 cm³/mol. The lowest BCUT2D eigenvalue weighted by atomic mass is 10.1. The molecular formula is C9H18ClNO3S. The Labute approximate surface area is 96.6 Å². The molecule has 4 nitrogen and oxygen atoms in total. The lowest BCUT2D eigenvalue weighted by molar-refractivity contribution is 0.181. The molecule has 1 rings (SSSR count). The van der Waals surface area contributed by atoms with Gasteiger partial charge in [0.05, 0.1) is 12.4 Å². The van der Waals surface area contributed by atoms with Crippen molar-refractivity contribution in [3.8, 4) is 0 Å². The maximum atomic E-state index is 11.8. The van der Waals surface area contributed by atoms with E-state index in [-0.39, 0.29) is 11.6 Å². The van der Waals surface area contributed by atoms with E-state index in [0.29, 0.717) is 25.6 Å². The summed E-state index contributed by atoms with van der Waals surface area (Å²) in [5, 5.41) is 0. The third kappa shape index (κ3) is 3.90. The van der Waals surface area contributed by atoms with Gasteiger partial charge in [0.1, 0.15) is 0 Å². The Balaban J connectivity index is 2.54. The molecule has 1 saturated heterocycles. The molecule has 6 heteroatoms. The average molecular weight is 256 g/mol. The molecule has 15 heavy (non-hydrogen) atoms. The normalized spacial score (nSPS) is 22.5. The van der Waals surface area contributed by atoms with Crippen LogP contribution in [0, 0.1) is 5.92 Å². The summed E-state index contributed by atoms with van der Waals surface area (Å²) in [6, 6.07) is 0. The van der Waals surface area contributed by atoms with E-state index in [4.69, 9.17) is 16.3 Å². The highest BCUT2D eigenvalue weighted by molar-refractivity contribution is 7.89. The van der Waals surface area contributed by atoms with Gasteiger partial charge in [0.2, 0.25) is 10.0 Å². The fourth-order valence-electron chi connectivity index (χ4n) is 1.68. The first-order valence-electron chi connectivity index (χ1n) is 5.21. The number of ether oxygens (including phenoxy) is 1. The van der Waals surface area contributed by atoms with Crippen LogP contribution in [0.25, 0.3) is 0 Å². The third-order valence-corrected chi connectivity index (χ3v) is 4.89. The standard InChI is InChI=1S/C9H18ClNO3S/c1-2-11(15(12,13)6-4-10)7-9-3-5-14-8-9/h9H,2-8H2,1H3. The Morgan fingerprint density at radius 1 is 1.53 bits per heavy atom. The van der Waals surface area contributed by atoms with Gasteiger partial charge in [0, 0.05) is 25.6 Å². The number of sulfonamides is 1. The molecule has 0 radical (unpaired) electrons. The summed E-state index contributed by atoms with van der Waals surface area (Å²) in [5.74, 6) is 0.519. The van der Waals surface area contributed by atoms with Gasteiger partial charge < -0.3 is 4.74 Å². The molecule has 1 aliphatic rings. The van der Waals surface area contributed by atoms with Crippen LogP contribution in [0.2, 0.25) is 0 Å². The molecule has 1 fully saturated rings. The van der Waals surface area contributed by atoms with Crippen molar-refractivity contribution in [3.63, 3.8) is 0 Å². The van der Waals surface area contributed by atoms with E-state index in [0.717, 1.165) is 13.0 Å². The van der Waals surface area contributed by atoms with Gasteiger partial charge in [-0.25, -0.2) is 12.7 Å². The maximum Gasteiger partial charge on any atom is 0.215 e. The lowest BCUT2D eigenvalue weighted by Gasteiger charge is -2.22. The molecule has 0 spiro atoms. The van der Waals surface area contributed by atoms with Crippen molar-refractivity contribution in [2.45, 2.75) is 13.3 Å². The maximum absolute atomic E-state index is 11.8. The van der Waals surface area contributed by atoms with Gasteiger partial charge in [0.25, 0.3) is 0 Å². The van der Waals surface area contributed by atoms with Crippen LogP contribution in [-0.2, 0) is 14.8 Å². The number of rotatable bonds is 6. The highest BCUT2D eigenvalue weighted by Gasteiger charge is 2.25. The highest BCUT2D eigenvalue weighted by Crippen LogP contribution is 2.16. The van der Waals surface area contributed by atoms with E-state index < -0.39 is 10.0 Å². The molecular weight excluding hydrogens is 238 g/mol. The predicted octanol–water partition coefficient (Wildman–Crippen LogP) is 0.913. The van der Waals surface area contributed by atoms with Gasteiger partial charge >= 0.3 is 0 Å². The molecule has 0 aromatic rings. The van der Waals surface area contributed by atoms with Gasteiger partial charge in [0.15, 0.2) is 0 Å². The highest BCUT2D eigenvalue weighted by atomic mass is 35.5. The summed E-state index contributed by atoms with van der Waals surface area (Å²) in [7, 11) is -3.16. The minimum atomic E-state index is -3.16. The molecule has 0 amide bonds. The Kier molecular flexibility index (Phi) is 5.32. The Bertz CT molecular complexity index is 275. The molecule has 0 aliphatic carbocycles. The summed E-state index contributed by atoms with van der Waals surface area (Å²) < 4.78 is 30.2. The van der Waals surface area contributed by atoms with Crippen LogP contribution in [0.4, 0.5) is 0 Å². The zero-order valence-electron chi connectivity index (χ0n) is 8.99. The Hall–Kier alpha value is 0.160. The first-order chi connectivity index (χ1) is 7.10. The van der Waals surface area contributed by atoms with Crippen LogP contribution >= 0.6 is 11.6 Å². The summed E-state index contributed by atoms with van der Waals surface area (Å²) in [6.45, 7) is 4.34. The molecule has 0 aromatic carbocycles. The van der Waals surface area contributed by atoms with Gasteiger partial charge in [-0.1, -0.05) is 6.92 Å². The zero-order chi connectivity index (χ0) is 11.3. The fourth-order valence-corrected chi connectivity index (χ4v) is 3.55. The molecule has 0 saturated carbocycles. The van der Waals surface area contributed by atoms with Crippen molar-refractivity contribution in [2.24, 2.45) is 5.92 Å². The smallest absolute Gasteiger partial charge is 0.215 e. The number of hydrogen-bond donors (Lipinski definition) is 0. The number of halogens is 1. The van der Waals surface area contributed by atoms with E-state index in [9.17, 15) is 8.42 Å². The molecule has 1 atom stereocenters. The second-order valence-corrected chi connectivity index (χ2v) is 6.15. The van der Waals surface area contributed by atoms with E-state index in [1.54, 1.807) is 0 Å². The molecule has 0 N–H and O–H groups in total. The summed E-state index contributed by atoms with van der Waals surface area (Å²) >= 11 is 5.47. The van der Waals surface area contributed by atoms with E-state index in [1.165, 1.54) is 4.31 Å². The van der Waals surface area contributed by atoms with Crippen molar-refractivity contribution in [3.05, 3.63) is 0 Å². The van der Waals surface area contributed by atoms with Crippen molar-refractivity contribution in [1.29, 1.82) is 0 Å². The minimum Gasteiger partial charge on any atom is -0.381 e. The Morgan fingerprint density at radius 2 is 2.27 bits per heavy atom. The minimum absolute atomic E-state index is 0.0238. The van der Waals surface area contributed by atoms with Gasteiger partial charge in [-0.3, -0.25) is 0 Å². The van der Waals surface area contributed by atoms with E-state index in [1.807, 2.05) is 6.92 Å². The first kappa shape index (κ1) is 13.2. The quantitative estimate of drug-likeness (QED) is 0.663. The molecule has 1 heterocycles. The van der Waals surface area contributed by atoms with E-state index in [2.05, 4.69) is 0 Å². The van der Waals surface area contributed by atoms with Crippen LogP contribution in [0.1, 0.15) is 13.3 Å². The van der Waals surface area contributed by atoms with Gasteiger partial charge in [-0.2, -0.15) is 0 Å². The first-order valence-corrected chi connectivity index (χ1v) is 7.36. The van der Waals surface area contributed by atoms with Crippen LogP contribution < -0.4 is 0 Å². The second-order valence-electron chi connectivity index (χ2n) is 3.69. The summed E-state index contributed by atoms with van der Waals surface area (Å²) in [6.07, 6.45) is 0.951. The molecule has 0 aromatic heterocycles. The lowest BCUT2D eigenvalue weighted by Crippen LogP contribution is -2.37.